The van der Waals surface area contributed by atoms with Gasteiger partial charge in [-0.2, -0.15) is 4.98 Å². The van der Waals surface area contributed by atoms with Gasteiger partial charge in [-0.1, -0.05) is 45.0 Å². The summed E-state index contributed by atoms with van der Waals surface area (Å²) < 4.78 is 15.0. The monoisotopic (exact) mass is 562 g/mol. The van der Waals surface area contributed by atoms with Crippen LogP contribution in [0.5, 0.6) is 5.88 Å². The van der Waals surface area contributed by atoms with Crippen molar-refractivity contribution >= 4 is 29.6 Å². The summed E-state index contributed by atoms with van der Waals surface area (Å²) in [5.41, 5.74) is 5.50. The molecule has 8 heteroatoms. The first-order valence-corrected chi connectivity index (χ1v) is 15.0. The highest BCUT2D eigenvalue weighted by atomic mass is 32.2. The Bertz CT molecular complexity index is 1290. The number of aromatic nitrogens is 2. The topological polar surface area (TPSA) is 76.6 Å². The number of hydrogen-bond acceptors (Lipinski definition) is 8. The van der Waals surface area contributed by atoms with Crippen molar-refractivity contribution in [2.45, 2.75) is 78.2 Å². The third-order valence-corrected chi connectivity index (χ3v) is 7.67. The normalized spacial score (nSPS) is 15.3. The Kier molecular flexibility index (Phi) is 9.95. The van der Waals surface area contributed by atoms with Crippen LogP contribution < -0.4 is 14.4 Å². The summed E-state index contributed by atoms with van der Waals surface area (Å²) in [6, 6.07) is 16.9. The fourth-order valence-electron chi connectivity index (χ4n) is 5.18. The number of unbranched alkanes of at least 4 members (excludes halogenated alkanes) is 1. The highest BCUT2D eigenvalue weighted by Gasteiger charge is 2.27. The van der Waals surface area contributed by atoms with Crippen molar-refractivity contribution in [2.24, 2.45) is 5.41 Å². The van der Waals surface area contributed by atoms with Gasteiger partial charge in [-0.25, -0.2) is 4.98 Å². The second kappa shape index (κ2) is 13.4. The lowest BCUT2D eigenvalue weighted by Gasteiger charge is -2.37. The molecule has 1 aliphatic heterocycles. The van der Waals surface area contributed by atoms with Gasteiger partial charge in [0.25, 0.3) is 0 Å². The molecule has 1 unspecified atom stereocenters. The van der Waals surface area contributed by atoms with Crippen molar-refractivity contribution in [3.8, 4) is 17.1 Å². The zero-order chi connectivity index (χ0) is 28.7. The smallest absolute Gasteiger partial charge is 0.305 e. The van der Waals surface area contributed by atoms with E-state index >= 15 is 0 Å². The summed E-state index contributed by atoms with van der Waals surface area (Å²) >= 11 is 1.49. The van der Waals surface area contributed by atoms with Crippen molar-refractivity contribution < 1.29 is 14.3 Å². The third-order valence-electron chi connectivity index (χ3n) is 6.90. The minimum absolute atomic E-state index is 0.0858. The van der Waals surface area contributed by atoms with Crippen molar-refractivity contribution in [2.75, 3.05) is 29.4 Å². The van der Waals surface area contributed by atoms with E-state index in [2.05, 4.69) is 86.7 Å². The fourth-order valence-corrected chi connectivity index (χ4v) is 5.80. The molecule has 0 radical (unpaired) electrons. The lowest BCUT2D eigenvalue weighted by molar-refractivity contribution is -0.143. The molecule has 1 atom stereocenters. The molecule has 2 aromatic carbocycles. The maximum absolute atomic E-state index is 11.9. The molecule has 2 heterocycles. The number of anilines is 2. The van der Waals surface area contributed by atoms with Gasteiger partial charge in [0.2, 0.25) is 11.8 Å². The van der Waals surface area contributed by atoms with Crippen LogP contribution in [0.2, 0.25) is 0 Å². The Hall–Kier alpha value is -3.26. The third kappa shape index (κ3) is 8.13. The minimum atomic E-state index is -0.130. The first-order chi connectivity index (χ1) is 19.1. The van der Waals surface area contributed by atoms with Crippen LogP contribution in [0, 0.1) is 19.3 Å². The van der Waals surface area contributed by atoms with Gasteiger partial charge in [-0.15, -0.1) is 0 Å². The molecule has 0 fully saturated rings. The van der Waals surface area contributed by atoms with Gasteiger partial charge in [0.15, 0.2) is 0 Å². The van der Waals surface area contributed by atoms with Crippen LogP contribution in [-0.4, -0.2) is 41.7 Å². The molecule has 3 aromatic rings. The van der Waals surface area contributed by atoms with E-state index in [9.17, 15) is 4.79 Å². The number of hydrogen-bond donors (Lipinski definition) is 1. The molecule has 0 saturated carbocycles. The van der Waals surface area contributed by atoms with Gasteiger partial charge < -0.3 is 14.4 Å². The average molecular weight is 563 g/mol. The lowest BCUT2D eigenvalue weighted by atomic mass is 9.87. The van der Waals surface area contributed by atoms with E-state index < -0.39 is 0 Å². The summed E-state index contributed by atoms with van der Waals surface area (Å²) in [5, 5.41) is 0. The first-order valence-electron chi connectivity index (χ1n) is 14.2. The number of carbonyl (C=O) groups excluding carboxylic acids is 1. The standard InChI is InChI=1S/C32H42N4O3S/c1-7-38-29(37)16-8-9-17-36-24-14-11-15-26(18-24)40-35-31-33-27(30-22(2)12-10-13-23(30)3)19-28(34-31)39-21-25(36)20-32(4,5)6/h10-15,18-19,25H,7-9,16-17,20-21H2,1-6H3,(H,33,34,35). The molecule has 7 nitrogen and oxygen atoms in total. The SMILES string of the molecule is CCOC(=O)CCCCN1c2cccc(c2)SNc2nc(cc(-c3c(C)cccc3C)n2)OCC1CC(C)(C)C. The minimum Gasteiger partial charge on any atom is -0.475 e. The highest BCUT2D eigenvalue weighted by molar-refractivity contribution is 8.00. The molecule has 0 saturated heterocycles. The first kappa shape index (κ1) is 29.7. The number of esters is 1. The summed E-state index contributed by atoms with van der Waals surface area (Å²) in [7, 11) is 0. The summed E-state index contributed by atoms with van der Waals surface area (Å²) in [6.07, 6.45) is 3.03. The van der Waals surface area contributed by atoms with E-state index in [0.29, 0.717) is 31.5 Å². The fraction of sp³-hybridized carbons (Fsp3) is 0.469. The molecule has 40 heavy (non-hydrogen) atoms. The van der Waals surface area contributed by atoms with E-state index in [1.165, 1.54) is 11.9 Å². The second-order valence-electron chi connectivity index (χ2n) is 11.6. The maximum atomic E-state index is 11.9. The zero-order valence-electron chi connectivity index (χ0n) is 24.6. The average Bonchev–Trinajstić information content (AvgIpc) is 2.89. The lowest BCUT2D eigenvalue weighted by Crippen LogP contribution is -2.43. The Labute approximate surface area is 243 Å². The molecular formula is C32H42N4O3S. The summed E-state index contributed by atoms with van der Waals surface area (Å²) in [5.74, 6) is 0.949. The predicted octanol–water partition coefficient (Wildman–Crippen LogP) is 7.62. The maximum Gasteiger partial charge on any atom is 0.305 e. The van der Waals surface area contributed by atoms with E-state index in [0.717, 1.165) is 58.8 Å². The molecule has 1 aromatic heterocycles. The number of carbonyl (C=O) groups is 1. The van der Waals surface area contributed by atoms with Crippen molar-refractivity contribution in [1.82, 2.24) is 9.97 Å². The van der Waals surface area contributed by atoms with Crippen LogP contribution in [0.1, 0.15) is 64.5 Å². The largest absolute Gasteiger partial charge is 0.475 e. The molecule has 0 amide bonds. The molecule has 1 N–H and O–H groups in total. The van der Waals surface area contributed by atoms with Crippen LogP contribution in [0.4, 0.5) is 11.6 Å². The molecule has 0 spiro atoms. The van der Waals surface area contributed by atoms with Crippen LogP contribution in [0.3, 0.4) is 0 Å². The van der Waals surface area contributed by atoms with Crippen LogP contribution in [0.15, 0.2) is 53.4 Å². The van der Waals surface area contributed by atoms with Crippen molar-refractivity contribution in [1.29, 1.82) is 0 Å². The predicted molar refractivity (Wildman–Crippen MR) is 164 cm³/mol. The van der Waals surface area contributed by atoms with Crippen LogP contribution in [0.25, 0.3) is 11.3 Å². The number of nitrogens with one attached hydrogen (secondary N) is 1. The molecular weight excluding hydrogens is 520 g/mol. The molecule has 1 aliphatic rings. The van der Waals surface area contributed by atoms with E-state index in [1.54, 1.807) is 0 Å². The van der Waals surface area contributed by atoms with Gasteiger partial charge in [0.05, 0.1) is 18.3 Å². The Morgan fingerprint density at radius 3 is 2.58 bits per heavy atom. The molecule has 4 bridgehead atoms. The highest BCUT2D eigenvalue weighted by Crippen LogP contribution is 2.34. The number of fused-ring (bicyclic) bond motifs is 4. The number of nitrogens with zero attached hydrogens (tertiary/aromatic N) is 3. The number of ether oxygens (including phenoxy) is 2. The quantitative estimate of drug-likeness (QED) is 0.171. The zero-order valence-corrected chi connectivity index (χ0v) is 25.4. The summed E-state index contributed by atoms with van der Waals surface area (Å²) in [6.45, 7) is 14.6. The Balaban J connectivity index is 1.68. The molecule has 0 aliphatic carbocycles. The molecule has 214 valence electrons. The van der Waals surface area contributed by atoms with Gasteiger partial charge in [-0.05, 0) is 86.7 Å². The number of benzene rings is 2. The van der Waals surface area contributed by atoms with Gasteiger partial charge in [-0.3, -0.25) is 9.52 Å². The number of aryl methyl sites for hydroxylation is 2. The molecule has 4 rings (SSSR count). The summed E-state index contributed by atoms with van der Waals surface area (Å²) in [4.78, 5) is 25.0. The second-order valence-corrected chi connectivity index (χ2v) is 12.4. The Morgan fingerprint density at radius 1 is 1.10 bits per heavy atom. The van der Waals surface area contributed by atoms with E-state index in [1.807, 2.05) is 13.0 Å². The van der Waals surface area contributed by atoms with Crippen molar-refractivity contribution in [3.05, 3.63) is 59.7 Å². The Morgan fingerprint density at radius 2 is 1.85 bits per heavy atom. The van der Waals surface area contributed by atoms with Gasteiger partial charge in [0, 0.05) is 35.2 Å². The van der Waals surface area contributed by atoms with E-state index in [4.69, 9.17) is 19.4 Å². The van der Waals surface area contributed by atoms with Crippen LogP contribution >= 0.6 is 11.9 Å². The van der Waals surface area contributed by atoms with Gasteiger partial charge in [0.1, 0.15) is 6.61 Å². The van der Waals surface area contributed by atoms with Gasteiger partial charge >= 0.3 is 5.97 Å². The van der Waals surface area contributed by atoms with E-state index in [-0.39, 0.29) is 17.4 Å². The van der Waals surface area contributed by atoms with Crippen LogP contribution in [-0.2, 0) is 9.53 Å². The van der Waals surface area contributed by atoms with Crippen molar-refractivity contribution in [3.63, 3.8) is 0 Å². The number of rotatable bonds is 8.